The third-order valence-corrected chi connectivity index (χ3v) is 5.43. The van der Waals surface area contributed by atoms with Crippen LogP contribution in [0.2, 0.25) is 0 Å². The number of hydrogen-bond donors (Lipinski definition) is 0. The van der Waals surface area contributed by atoms with Crippen LogP contribution in [-0.4, -0.2) is 37.3 Å². The monoisotopic (exact) mass is 345 g/mol. The van der Waals surface area contributed by atoms with Gasteiger partial charge in [0.1, 0.15) is 5.75 Å². The van der Waals surface area contributed by atoms with E-state index in [1.165, 1.54) is 0 Å². The highest BCUT2D eigenvalue weighted by molar-refractivity contribution is 7.92. The van der Waals surface area contributed by atoms with Crippen molar-refractivity contribution < 1.29 is 13.2 Å². The molecule has 0 aliphatic carbocycles. The molecule has 0 aliphatic rings. The van der Waals surface area contributed by atoms with Crippen LogP contribution in [-0.2, 0) is 27.6 Å². The lowest BCUT2D eigenvalue weighted by atomic mass is 10.1. The maximum Gasteiger partial charge on any atom is 0.238 e. The van der Waals surface area contributed by atoms with Crippen LogP contribution >= 0.6 is 0 Å². The Morgan fingerprint density at radius 2 is 1.46 bits per heavy atom. The van der Waals surface area contributed by atoms with Crippen LogP contribution in [0, 0.1) is 0 Å². The van der Waals surface area contributed by atoms with E-state index in [0.29, 0.717) is 19.5 Å². The first-order valence-electron chi connectivity index (χ1n) is 8.06. The van der Waals surface area contributed by atoms with Gasteiger partial charge in [0.2, 0.25) is 5.91 Å². The van der Waals surface area contributed by atoms with Crippen molar-refractivity contribution in [2.24, 2.45) is 0 Å². The predicted molar refractivity (Wildman–Crippen MR) is 96.3 cm³/mol. The van der Waals surface area contributed by atoms with E-state index < -0.39 is 15.6 Å². The topological polar surface area (TPSA) is 54.5 Å². The Labute approximate surface area is 144 Å². The molecule has 1 amide bonds. The summed E-state index contributed by atoms with van der Waals surface area (Å²) in [6.45, 7) is 2.48. The van der Waals surface area contributed by atoms with Crippen molar-refractivity contribution in [2.75, 3.05) is 18.1 Å². The van der Waals surface area contributed by atoms with E-state index in [2.05, 4.69) is 0 Å². The Morgan fingerprint density at radius 3 is 2.00 bits per heavy atom. The van der Waals surface area contributed by atoms with Crippen molar-refractivity contribution in [1.29, 1.82) is 0 Å². The molecule has 2 aromatic rings. The summed E-state index contributed by atoms with van der Waals surface area (Å²) in [5.74, 6) is -0.779. The molecule has 2 rings (SSSR count). The summed E-state index contributed by atoms with van der Waals surface area (Å²) in [5.41, 5.74) is 2.12. The van der Waals surface area contributed by atoms with Crippen molar-refractivity contribution in [1.82, 2.24) is 4.90 Å². The number of carbonyl (C=O) groups excluding carboxylic acids is 1. The molecule has 0 fully saturated rings. The Hall–Kier alpha value is -2.14. The number of nitrogens with zero attached hydrogens (tertiary/aromatic N) is 1. The fourth-order valence-corrected chi connectivity index (χ4v) is 3.15. The quantitative estimate of drug-likeness (QED) is 0.739. The van der Waals surface area contributed by atoms with Gasteiger partial charge in [-0.05, 0) is 17.5 Å². The molecule has 0 spiro atoms. The van der Waals surface area contributed by atoms with Gasteiger partial charge in [-0.1, -0.05) is 67.6 Å². The highest BCUT2D eigenvalue weighted by atomic mass is 32.2. The molecule has 0 radical (unpaired) electrons. The molecule has 0 aliphatic heterocycles. The number of rotatable bonds is 8. The number of sulfone groups is 1. The molecule has 0 bridgehead atoms. The van der Waals surface area contributed by atoms with Gasteiger partial charge >= 0.3 is 0 Å². The zero-order valence-corrected chi connectivity index (χ0v) is 14.7. The number of carbonyl (C=O) groups is 1. The van der Waals surface area contributed by atoms with E-state index in [4.69, 9.17) is 0 Å². The molecule has 2 aromatic carbocycles. The van der Waals surface area contributed by atoms with E-state index in [-0.39, 0.29) is 11.7 Å². The van der Waals surface area contributed by atoms with Gasteiger partial charge in [0.05, 0.1) is 0 Å². The summed E-state index contributed by atoms with van der Waals surface area (Å²) in [4.78, 5) is 14.1. The third-order valence-electron chi connectivity index (χ3n) is 3.87. The minimum atomic E-state index is -3.33. The molecular weight excluding hydrogens is 322 g/mol. The van der Waals surface area contributed by atoms with Gasteiger partial charge in [-0.3, -0.25) is 4.79 Å². The average Bonchev–Trinajstić information content (AvgIpc) is 2.60. The second-order valence-corrected chi connectivity index (χ2v) is 8.07. The van der Waals surface area contributed by atoms with E-state index in [1.54, 1.807) is 11.8 Å². The van der Waals surface area contributed by atoms with Gasteiger partial charge in [-0.2, -0.15) is 0 Å². The minimum absolute atomic E-state index is 0.0173. The third kappa shape index (κ3) is 5.81. The van der Waals surface area contributed by atoms with E-state index in [0.717, 1.165) is 11.1 Å². The fraction of sp³-hybridized carbons (Fsp3) is 0.316. The Bertz CT molecular complexity index is 743. The van der Waals surface area contributed by atoms with Gasteiger partial charge in [0, 0.05) is 18.8 Å². The fourth-order valence-electron chi connectivity index (χ4n) is 2.39. The predicted octanol–water partition coefficient (Wildman–Crippen LogP) is 2.69. The summed E-state index contributed by atoms with van der Waals surface area (Å²) in [5, 5.41) is 0. The second kappa shape index (κ2) is 8.64. The van der Waals surface area contributed by atoms with E-state index in [1.807, 2.05) is 60.7 Å². The Balaban J connectivity index is 2.09. The first-order chi connectivity index (χ1) is 11.5. The number of amides is 1. The van der Waals surface area contributed by atoms with Crippen LogP contribution in [0.3, 0.4) is 0 Å². The lowest BCUT2D eigenvalue weighted by Gasteiger charge is -2.23. The molecule has 0 heterocycles. The summed E-state index contributed by atoms with van der Waals surface area (Å²) >= 11 is 0. The molecule has 5 heteroatoms. The van der Waals surface area contributed by atoms with Crippen LogP contribution < -0.4 is 0 Å². The lowest BCUT2D eigenvalue weighted by molar-refractivity contribution is -0.129. The molecule has 0 unspecified atom stereocenters. The van der Waals surface area contributed by atoms with Crippen molar-refractivity contribution in [3.05, 3.63) is 71.8 Å². The second-order valence-electron chi connectivity index (χ2n) is 5.71. The first kappa shape index (κ1) is 18.2. The molecule has 24 heavy (non-hydrogen) atoms. The van der Waals surface area contributed by atoms with Crippen molar-refractivity contribution in [3.63, 3.8) is 0 Å². The van der Waals surface area contributed by atoms with Gasteiger partial charge in [0.25, 0.3) is 0 Å². The van der Waals surface area contributed by atoms with Crippen LogP contribution in [0.4, 0.5) is 0 Å². The highest BCUT2D eigenvalue weighted by Gasteiger charge is 2.20. The molecule has 4 nitrogen and oxygen atoms in total. The summed E-state index contributed by atoms with van der Waals surface area (Å²) in [7, 11) is -3.33. The molecular formula is C19H23NO3S. The van der Waals surface area contributed by atoms with Crippen molar-refractivity contribution in [3.8, 4) is 0 Å². The normalized spacial score (nSPS) is 11.2. The van der Waals surface area contributed by atoms with Gasteiger partial charge in [0.15, 0.2) is 9.84 Å². The lowest BCUT2D eigenvalue weighted by Crippen LogP contribution is -2.37. The van der Waals surface area contributed by atoms with Gasteiger partial charge < -0.3 is 4.90 Å². The zero-order valence-electron chi connectivity index (χ0n) is 13.9. The minimum Gasteiger partial charge on any atom is -0.337 e. The molecule has 0 saturated carbocycles. The summed E-state index contributed by atoms with van der Waals surface area (Å²) in [6, 6.07) is 19.5. The van der Waals surface area contributed by atoms with Crippen LogP contribution in [0.1, 0.15) is 18.1 Å². The molecule has 0 aromatic heterocycles. The SMILES string of the molecule is CCS(=O)(=O)CC(=O)N(CCc1ccccc1)Cc1ccccc1. The molecule has 0 saturated heterocycles. The smallest absolute Gasteiger partial charge is 0.238 e. The summed E-state index contributed by atoms with van der Waals surface area (Å²) < 4.78 is 23.6. The standard InChI is InChI=1S/C19H23NO3S/c1-2-24(22,23)16-19(21)20(15-18-11-7-4-8-12-18)14-13-17-9-5-3-6-10-17/h3-12H,2,13-16H2,1H3. The molecule has 128 valence electrons. The number of benzene rings is 2. The van der Waals surface area contributed by atoms with Crippen LogP contribution in [0.15, 0.2) is 60.7 Å². The first-order valence-corrected chi connectivity index (χ1v) is 9.88. The zero-order chi connectivity index (χ0) is 17.4. The average molecular weight is 345 g/mol. The van der Waals surface area contributed by atoms with E-state index in [9.17, 15) is 13.2 Å². The summed E-state index contributed by atoms with van der Waals surface area (Å²) in [6.07, 6.45) is 0.700. The van der Waals surface area contributed by atoms with Crippen LogP contribution in [0.25, 0.3) is 0 Å². The van der Waals surface area contributed by atoms with Crippen molar-refractivity contribution >= 4 is 15.7 Å². The molecule has 0 N–H and O–H groups in total. The van der Waals surface area contributed by atoms with Gasteiger partial charge in [-0.15, -0.1) is 0 Å². The Morgan fingerprint density at radius 1 is 0.917 bits per heavy atom. The maximum atomic E-state index is 12.5. The highest BCUT2D eigenvalue weighted by Crippen LogP contribution is 2.09. The number of hydrogen-bond acceptors (Lipinski definition) is 3. The Kier molecular flexibility index (Phi) is 6.55. The van der Waals surface area contributed by atoms with E-state index >= 15 is 0 Å². The van der Waals surface area contributed by atoms with Gasteiger partial charge in [-0.25, -0.2) is 8.42 Å². The maximum absolute atomic E-state index is 12.5. The van der Waals surface area contributed by atoms with Crippen LogP contribution in [0.5, 0.6) is 0 Å². The molecule has 0 atom stereocenters. The van der Waals surface area contributed by atoms with Crippen molar-refractivity contribution in [2.45, 2.75) is 19.9 Å². The largest absolute Gasteiger partial charge is 0.337 e.